The van der Waals surface area contributed by atoms with Crippen molar-refractivity contribution in [3.05, 3.63) is 158 Å². The van der Waals surface area contributed by atoms with E-state index < -0.39 is 6.04 Å². The molecule has 1 heterocycles. The van der Waals surface area contributed by atoms with Gasteiger partial charge in [0.2, 0.25) is 0 Å². The number of aromatic nitrogens is 1. The molecule has 0 amide bonds. The number of fused-ring (bicyclic) bond motifs is 8. The molecule has 0 aliphatic rings. The molecule has 0 radical (unpaired) electrons. The second-order valence-electron chi connectivity index (χ2n) is 10.7. The number of benzene rings is 7. The molecule has 0 unspecified atom stereocenters. The van der Waals surface area contributed by atoms with E-state index in [2.05, 4.69) is 158 Å². The second kappa shape index (κ2) is 10.0. The molecule has 3 heteroatoms. The van der Waals surface area contributed by atoms with Crippen molar-refractivity contribution < 1.29 is 0 Å². The van der Waals surface area contributed by atoms with Crippen LogP contribution in [0, 0.1) is 0 Å². The lowest BCUT2D eigenvalue weighted by Crippen LogP contribution is -2.24. The maximum absolute atomic E-state index is 6.75. The quantitative estimate of drug-likeness (QED) is 0.154. The van der Waals surface area contributed by atoms with Gasteiger partial charge in [0.15, 0.2) is 0 Å². The molecular formula is C39H26NPS. The monoisotopic (exact) mass is 571 g/mol. The van der Waals surface area contributed by atoms with E-state index in [0.29, 0.717) is 0 Å². The first-order chi connectivity index (χ1) is 20.7. The van der Waals surface area contributed by atoms with Gasteiger partial charge in [-0.25, -0.2) is 4.98 Å². The van der Waals surface area contributed by atoms with Crippen LogP contribution in [-0.2, 0) is 11.8 Å². The summed E-state index contributed by atoms with van der Waals surface area (Å²) in [7, 11) is 0. The van der Waals surface area contributed by atoms with Gasteiger partial charge < -0.3 is 0 Å². The molecule has 42 heavy (non-hydrogen) atoms. The highest BCUT2D eigenvalue weighted by molar-refractivity contribution is 8.25. The zero-order valence-corrected chi connectivity index (χ0v) is 24.5. The first-order valence-corrected chi connectivity index (χ1v) is 17.0. The van der Waals surface area contributed by atoms with Crippen LogP contribution in [-0.4, -0.2) is 4.98 Å². The van der Waals surface area contributed by atoms with Gasteiger partial charge in [0.25, 0.3) is 0 Å². The number of pyridine rings is 1. The van der Waals surface area contributed by atoms with Gasteiger partial charge in [0.1, 0.15) is 0 Å². The van der Waals surface area contributed by atoms with Crippen LogP contribution in [0.1, 0.15) is 0 Å². The Bertz CT molecular complexity index is 2270. The Labute approximate surface area is 250 Å². The van der Waals surface area contributed by atoms with E-state index in [9.17, 15) is 0 Å². The molecule has 0 fully saturated rings. The van der Waals surface area contributed by atoms with Crippen molar-refractivity contribution in [3.63, 3.8) is 0 Å². The number of rotatable bonds is 4. The van der Waals surface area contributed by atoms with Crippen molar-refractivity contribution >= 4 is 77.0 Å². The van der Waals surface area contributed by atoms with Crippen LogP contribution in [0.2, 0.25) is 0 Å². The Hall–Kier alpha value is -4.62. The van der Waals surface area contributed by atoms with Crippen LogP contribution >= 0.6 is 6.04 Å². The van der Waals surface area contributed by atoms with Crippen molar-refractivity contribution in [2.24, 2.45) is 0 Å². The van der Waals surface area contributed by atoms with E-state index in [1.54, 1.807) is 0 Å². The lowest BCUT2D eigenvalue weighted by atomic mass is 9.92. The molecule has 198 valence electrons. The summed E-state index contributed by atoms with van der Waals surface area (Å²) in [6, 6.07) is 53.8. The van der Waals surface area contributed by atoms with Gasteiger partial charge in [-0.3, -0.25) is 0 Å². The Morgan fingerprint density at radius 2 is 0.881 bits per heavy atom. The van der Waals surface area contributed by atoms with Crippen molar-refractivity contribution in [1.82, 2.24) is 4.98 Å². The van der Waals surface area contributed by atoms with Crippen LogP contribution in [0.4, 0.5) is 0 Å². The van der Waals surface area contributed by atoms with Crippen LogP contribution < -0.4 is 15.9 Å². The normalized spacial score (nSPS) is 11.9. The Balaban J connectivity index is 1.55. The van der Waals surface area contributed by atoms with Gasteiger partial charge >= 0.3 is 0 Å². The summed E-state index contributed by atoms with van der Waals surface area (Å²) in [6.45, 7) is 0. The van der Waals surface area contributed by atoms with Gasteiger partial charge in [-0.2, -0.15) is 0 Å². The van der Waals surface area contributed by atoms with Crippen LogP contribution in [0.3, 0.4) is 0 Å². The predicted octanol–water partition coefficient (Wildman–Crippen LogP) is 9.12. The molecule has 0 aliphatic heterocycles. The maximum atomic E-state index is 6.75. The zero-order valence-electron chi connectivity index (χ0n) is 22.8. The van der Waals surface area contributed by atoms with Gasteiger partial charge in [0.05, 0.1) is 11.2 Å². The smallest absolute Gasteiger partial charge is 0.0800 e. The fourth-order valence-electron chi connectivity index (χ4n) is 6.36. The topological polar surface area (TPSA) is 12.9 Å². The van der Waals surface area contributed by atoms with Crippen molar-refractivity contribution in [2.75, 3.05) is 0 Å². The van der Waals surface area contributed by atoms with Crippen molar-refractivity contribution in [1.29, 1.82) is 0 Å². The third-order valence-electron chi connectivity index (χ3n) is 8.31. The van der Waals surface area contributed by atoms with Gasteiger partial charge in [-0.1, -0.05) is 163 Å². The van der Waals surface area contributed by atoms with E-state index in [1.165, 1.54) is 48.2 Å². The highest BCUT2D eigenvalue weighted by Gasteiger charge is 2.26. The highest BCUT2D eigenvalue weighted by Crippen LogP contribution is 2.46. The summed E-state index contributed by atoms with van der Waals surface area (Å²) in [5.74, 6) is 0. The molecule has 1 nitrogen and oxygen atoms in total. The van der Waals surface area contributed by atoms with E-state index in [4.69, 9.17) is 16.8 Å². The van der Waals surface area contributed by atoms with E-state index >= 15 is 0 Å². The average Bonchev–Trinajstić information content (AvgIpc) is 3.08. The zero-order chi connectivity index (χ0) is 28.1. The molecule has 0 saturated heterocycles. The molecule has 0 spiro atoms. The fraction of sp³-hybridized carbons (Fsp3) is 0. The molecule has 8 rings (SSSR count). The van der Waals surface area contributed by atoms with E-state index in [1.807, 2.05) is 0 Å². The summed E-state index contributed by atoms with van der Waals surface area (Å²) >= 11 is 6.75. The van der Waals surface area contributed by atoms with E-state index in [-0.39, 0.29) is 0 Å². The minimum Gasteiger partial charge on any atom is -0.246 e. The molecule has 0 aliphatic carbocycles. The minimum atomic E-state index is -2.33. The molecule has 0 N–H and O–H groups in total. The Morgan fingerprint density at radius 3 is 1.50 bits per heavy atom. The SMILES string of the molecule is S=P(c1ccccc1)(c1ccccc1)c1ccc2c(c1)c(-c1ccccc1)nc1c3ccccc3c3ccccc3c21. The minimum absolute atomic E-state index is 0.989. The lowest BCUT2D eigenvalue weighted by molar-refractivity contribution is 1.44. The molecule has 8 aromatic rings. The molecule has 0 atom stereocenters. The predicted molar refractivity (Wildman–Crippen MR) is 186 cm³/mol. The number of hydrogen-bond donors (Lipinski definition) is 0. The molecular weight excluding hydrogens is 545 g/mol. The third kappa shape index (κ3) is 3.84. The van der Waals surface area contributed by atoms with E-state index in [0.717, 1.165) is 22.2 Å². The summed E-state index contributed by atoms with van der Waals surface area (Å²) < 4.78 is 0. The molecule has 7 aromatic carbocycles. The first-order valence-electron chi connectivity index (χ1n) is 14.2. The standard InChI is InChI=1S/C39H26NPS/c42-41(28-16-6-2-7-17-28,29-18-8-3-9-19-29)30-24-25-34-36(26-30)38(27-14-4-1-5-15-27)40-39-35-23-13-11-21-32(35)31-20-10-12-22-33(31)37(34)39/h1-26H. The Morgan fingerprint density at radius 1 is 0.405 bits per heavy atom. The van der Waals surface area contributed by atoms with Crippen molar-refractivity contribution in [2.45, 2.75) is 0 Å². The van der Waals surface area contributed by atoms with Gasteiger partial charge in [-0.15, -0.1) is 0 Å². The summed E-state index contributed by atoms with van der Waals surface area (Å²) in [5, 5.41) is 12.0. The first kappa shape index (κ1) is 25.1. The fourth-order valence-corrected chi connectivity index (χ4v) is 10.1. The second-order valence-corrected chi connectivity index (χ2v) is 15.1. The largest absolute Gasteiger partial charge is 0.246 e. The summed E-state index contributed by atoms with van der Waals surface area (Å²) in [5.41, 5.74) is 3.13. The average molecular weight is 572 g/mol. The van der Waals surface area contributed by atoms with Crippen LogP contribution in [0.5, 0.6) is 0 Å². The molecule has 1 aromatic heterocycles. The number of hydrogen-bond acceptors (Lipinski definition) is 2. The molecule has 0 saturated carbocycles. The van der Waals surface area contributed by atoms with Crippen LogP contribution in [0.25, 0.3) is 54.5 Å². The van der Waals surface area contributed by atoms with Gasteiger partial charge in [0, 0.05) is 27.8 Å². The maximum Gasteiger partial charge on any atom is 0.0800 e. The Kier molecular flexibility index (Phi) is 6.00. The lowest BCUT2D eigenvalue weighted by Gasteiger charge is -2.25. The number of nitrogens with zero attached hydrogens (tertiary/aromatic N) is 1. The van der Waals surface area contributed by atoms with Gasteiger partial charge in [-0.05, 0) is 43.5 Å². The molecule has 0 bridgehead atoms. The summed E-state index contributed by atoms with van der Waals surface area (Å²) in [4.78, 5) is 5.50. The van der Waals surface area contributed by atoms with Crippen LogP contribution in [0.15, 0.2) is 158 Å². The third-order valence-corrected chi connectivity index (χ3v) is 13.3. The summed E-state index contributed by atoms with van der Waals surface area (Å²) in [6.07, 6.45) is 0. The highest BCUT2D eigenvalue weighted by atomic mass is 32.4. The van der Waals surface area contributed by atoms with Crippen molar-refractivity contribution in [3.8, 4) is 11.3 Å².